The van der Waals surface area contributed by atoms with E-state index in [1.54, 1.807) is 4.90 Å². The first-order valence-corrected chi connectivity index (χ1v) is 6.70. The molecule has 1 aromatic rings. The second-order valence-electron chi connectivity index (χ2n) is 4.84. The third-order valence-electron chi connectivity index (χ3n) is 3.30. The molecule has 1 aromatic carbocycles. The lowest BCUT2D eigenvalue weighted by Crippen LogP contribution is -2.41. The summed E-state index contributed by atoms with van der Waals surface area (Å²) in [6.45, 7) is 9.58. The number of carbonyl (C=O) groups excluding carboxylic acids is 1. The molecule has 19 heavy (non-hydrogen) atoms. The van der Waals surface area contributed by atoms with E-state index in [1.165, 1.54) is 22.3 Å². The van der Waals surface area contributed by atoms with E-state index in [-0.39, 0.29) is 12.6 Å². The van der Waals surface area contributed by atoms with Gasteiger partial charge in [0.2, 0.25) is 0 Å². The van der Waals surface area contributed by atoms with Crippen LogP contribution in [0.3, 0.4) is 0 Å². The first-order valence-electron chi connectivity index (χ1n) is 6.70. The molecule has 0 aromatic heterocycles. The van der Waals surface area contributed by atoms with E-state index in [0.29, 0.717) is 19.6 Å². The van der Waals surface area contributed by atoms with Crippen LogP contribution in [0, 0.1) is 20.8 Å². The van der Waals surface area contributed by atoms with E-state index in [0.717, 1.165) is 0 Å². The van der Waals surface area contributed by atoms with Crippen molar-refractivity contribution in [1.82, 2.24) is 10.2 Å². The predicted octanol–water partition coefficient (Wildman–Crippen LogP) is 2.14. The van der Waals surface area contributed by atoms with Gasteiger partial charge in [-0.15, -0.1) is 0 Å². The zero-order valence-corrected chi connectivity index (χ0v) is 12.3. The molecule has 106 valence electrons. The van der Waals surface area contributed by atoms with Crippen LogP contribution in [0.4, 0.5) is 4.79 Å². The summed E-state index contributed by atoms with van der Waals surface area (Å²) in [4.78, 5) is 13.5. The van der Waals surface area contributed by atoms with Gasteiger partial charge < -0.3 is 15.3 Å². The first-order chi connectivity index (χ1) is 8.99. The summed E-state index contributed by atoms with van der Waals surface area (Å²) in [6.07, 6.45) is 0. The normalized spacial score (nSPS) is 10.4. The van der Waals surface area contributed by atoms with Crippen molar-refractivity contribution in [2.24, 2.45) is 0 Å². The van der Waals surface area contributed by atoms with Crippen LogP contribution in [0.15, 0.2) is 12.1 Å². The van der Waals surface area contributed by atoms with Gasteiger partial charge in [0.1, 0.15) is 0 Å². The molecule has 0 aliphatic rings. The zero-order chi connectivity index (χ0) is 14.4. The fourth-order valence-electron chi connectivity index (χ4n) is 2.29. The molecule has 4 heteroatoms. The number of nitrogens with one attached hydrogen (secondary N) is 1. The Bertz CT molecular complexity index is 421. The predicted molar refractivity (Wildman–Crippen MR) is 77.2 cm³/mol. The Morgan fingerprint density at radius 3 is 2.32 bits per heavy atom. The lowest BCUT2D eigenvalue weighted by atomic mass is 10.00. The standard InChI is InChI=1S/C15H24N2O2/c1-5-17(6-7-18)15(19)16-10-14-12(3)8-11(2)9-13(14)4/h8-9,18H,5-7,10H2,1-4H3,(H,16,19). The lowest BCUT2D eigenvalue weighted by molar-refractivity contribution is 0.180. The van der Waals surface area contributed by atoms with Crippen molar-refractivity contribution >= 4 is 6.03 Å². The van der Waals surface area contributed by atoms with Crippen molar-refractivity contribution in [2.45, 2.75) is 34.2 Å². The van der Waals surface area contributed by atoms with Crippen molar-refractivity contribution in [3.63, 3.8) is 0 Å². The Morgan fingerprint density at radius 2 is 1.84 bits per heavy atom. The molecule has 0 unspecified atom stereocenters. The fourth-order valence-corrected chi connectivity index (χ4v) is 2.29. The highest BCUT2D eigenvalue weighted by molar-refractivity contribution is 5.74. The van der Waals surface area contributed by atoms with Crippen LogP contribution in [0.25, 0.3) is 0 Å². The number of nitrogens with zero attached hydrogens (tertiary/aromatic N) is 1. The molecule has 4 nitrogen and oxygen atoms in total. The molecule has 0 aliphatic carbocycles. The summed E-state index contributed by atoms with van der Waals surface area (Å²) in [5, 5.41) is 11.8. The van der Waals surface area contributed by atoms with Crippen LogP contribution in [0.5, 0.6) is 0 Å². The van der Waals surface area contributed by atoms with Crippen LogP contribution in [-0.4, -0.2) is 35.7 Å². The third kappa shape index (κ3) is 4.24. The molecule has 0 radical (unpaired) electrons. The number of rotatable bonds is 5. The second kappa shape index (κ2) is 7.14. The lowest BCUT2D eigenvalue weighted by Gasteiger charge is -2.21. The Balaban J connectivity index is 2.69. The monoisotopic (exact) mass is 264 g/mol. The van der Waals surface area contributed by atoms with Gasteiger partial charge in [-0.3, -0.25) is 0 Å². The van der Waals surface area contributed by atoms with E-state index >= 15 is 0 Å². The molecule has 0 aliphatic heterocycles. The van der Waals surface area contributed by atoms with Gasteiger partial charge in [-0.2, -0.15) is 0 Å². The summed E-state index contributed by atoms with van der Waals surface area (Å²) >= 11 is 0. The number of aliphatic hydroxyl groups is 1. The van der Waals surface area contributed by atoms with Gasteiger partial charge in [0, 0.05) is 19.6 Å². The zero-order valence-electron chi connectivity index (χ0n) is 12.3. The molecule has 0 heterocycles. The first kappa shape index (κ1) is 15.5. The van der Waals surface area contributed by atoms with Crippen molar-refractivity contribution in [3.8, 4) is 0 Å². The molecule has 2 N–H and O–H groups in total. The molecule has 1 rings (SSSR count). The number of aryl methyl sites for hydroxylation is 3. The number of carbonyl (C=O) groups is 1. The molecular weight excluding hydrogens is 240 g/mol. The minimum absolute atomic E-state index is 0.0101. The average molecular weight is 264 g/mol. The third-order valence-corrected chi connectivity index (χ3v) is 3.30. The molecule has 0 saturated carbocycles. The van der Waals surface area contributed by atoms with Crippen molar-refractivity contribution in [3.05, 3.63) is 34.4 Å². The van der Waals surface area contributed by atoms with Crippen molar-refractivity contribution in [1.29, 1.82) is 0 Å². The SMILES string of the molecule is CCN(CCO)C(=O)NCc1c(C)cc(C)cc1C. The smallest absolute Gasteiger partial charge is 0.317 e. The topological polar surface area (TPSA) is 52.6 Å². The number of aliphatic hydroxyl groups excluding tert-OH is 1. The molecule has 0 spiro atoms. The Morgan fingerprint density at radius 1 is 1.26 bits per heavy atom. The van der Waals surface area contributed by atoms with Crippen LogP contribution in [0.1, 0.15) is 29.2 Å². The maximum absolute atomic E-state index is 11.9. The highest BCUT2D eigenvalue weighted by atomic mass is 16.3. The number of likely N-dealkylation sites (N-methyl/N-ethyl adjacent to an activating group) is 1. The maximum Gasteiger partial charge on any atom is 0.317 e. The molecule has 0 atom stereocenters. The number of hydrogen-bond donors (Lipinski definition) is 2. The Labute approximate surface area is 115 Å². The van der Waals surface area contributed by atoms with Gasteiger partial charge >= 0.3 is 6.03 Å². The highest BCUT2D eigenvalue weighted by Gasteiger charge is 2.11. The fraction of sp³-hybridized carbons (Fsp3) is 0.533. The summed E-state index contributed by atoms with van der Waals surface area (Å²) in [5.74, 6) is 0. The van der Waals surface area contributed by atoms with Gasteiger partial charge in [-0.25, -0.2) is 4.79 Å². The van der Waals surface area contributed by atoms with Crippen molar-refractivity contribution in [2.75, 3.05) is 19.7 Å². The highest BCUT2D eigenvalue weighted by Crippen LogP contribution is 2.16. The van der Waals surface area contributed by atoms with Crippen LogP contribution in [-0.2, 0) is 6.54 Å². The van der Waals surface area contributed by atoms with E-state index in [4.69, 9.17) is 5.11 Å². The Kier molecular flexibility index (Phi) is 5.83. The molecule has 0 fully saturated rings. The minimum Gasteiger partial charge on any atom is -0.395 e. The van der Waals surface area contributed by atoms with E-state index in [1.807, 2.05) is 6.92 Å². The summed E-state index contributed by atoms with van der Waals surface area (Å²) in [7, 11) is 0. The molecule has 0 bridgehead atoms. The largest absolute Gasteiger partial charge is 0.395 e. The minimum atomic E-state index is -0.129. The van der Waals surface area contributed by atoms with Gasteiger partial charge in [-0.1, -0.05) is 17.7 Å². The van der Waals surface area contributed by atoms with Crippen LogP contribution in [0.2, 0.25) is 0 Å². The van der Waals surface area contributed by atoms with E-state index in [9.17, 15) is 4.79 Å². The average Bonchev–Trinajstić information content (AvgIpc) is 2.34. The van der Waals surface area contributed by atoms with E-state index < -0.39 is 0 Å². The number of amides is 2. The van der Waals surface area contributed by atoms with E-state index in [2.05, 4.69) is 38.2 Å². The number of hydrogen-bond acceptors (Lipinski definition) is 2. The molecule has 2 amide bonds. The summed E-state index contributed by atoms with van der Waals surface area (Å²) < 4.78 is 0. The van der Waals surface area contributed by atoms with Gasteiger partial charge in [0.15, 0.2) is 0 Å². The summed E-state index contributed by atoms with van der Waals surface area (Å²) in [5.41, 5.74) is 4.80. The van der Waals surface area contributed by atoms with Crippen LogP contribution >= 0.6 is 0 Å². The number of urea groups is 1. The van der Waals surface area contributed by atoms with Crippen LogP contribution < -0.4 is 5.32 Å². The molecule has 0 saturated heterocycles. The number of benzene rings is 1. The van der Waals surface area contributed by atoms with Gasteiger partial charge in [0.25, 0.3) is 0 Å². The van der Waals surface area contributed by atoms with Crippen molar-refractivity contribution < 1.29 is 9.90 Å². The Hall–Kier alpha value is -1.55. The second-order valence-corrected chi connectivity index (χ2v) is 4.84. The summed E-state index contributed by atoms with van der Waals surface area (Å²) in [6, 6.07) is 4.12. The maximum atomic E-state index is 11.9. The quantitative estimate of drug-likeness (QED) is 0.856. The van der Waals surface area contributed by atoms with Gasteiger partial charge in [0.05, 0.1) is 6.61 Å². The van der Waals surface area contributed by atoms with Gasteiger partial charge in [-0.05, 0) is 44.4 Å². The molecular formula is C15H24N2O2.